The van der Waals surface area contributed by atoms with Gasteiger partial charge in [0, 0.05) is 13.3 Å². The summed E-state index contributed by atoms with van der Waals surface area (Å²) < 4.78 is 18.1. The smallest absolute Gasteiger partial charge is 0.454 e. The van der Waals surface area contributed by atoms with Gasteiger partial charge in [-0.25, -0.2) is 4.79 Å². The summed E-state index contributed by atoms with van der Waals surface area (Å²) in [6.45, 7) is 14.2. The SMILES string of the molecule is CC(C)CCC[C@@H](C)[C@H]1CCC2C3CC=C4C[C@@H](OC(=O)OC(C)Oc5ccccc5I)CC[C@]4(C)C3CC[C@@]21C. The van der Waals surface area contributed by atoms with Crippen molar-refractivity contribution in [1.82, 2.24) is 0 Å². The molecule has 1 aromatic rings. The van der Waals surface area contributed by atoms with Crippen molar-refractivity contribution in [3.63, 3.8) is 0 Å². The predicted octanol–water partition coefficient (Wildman–Crippen LogP) is 10.6. The summed E-state index contributed by atoms with van der Waals surface area (Å²) in [5.74, 6) is 5.73. The van der Waals surface area contributed by atoms with E-state index < -0.39 is 12.4 Å². The molecule has 0 aliphatic heterocycles. The number of ether oxygens (including phenoxy) is 3. The number of carbonyl (C=O) groups is 1. The van der Waals surface area contributed by atoms with Crippen LogP contribution in [0.2, 0.25) is 0 Å². The number of benzene rings is 1. The van der Waals surface area contributed by atoms with Gasteiger partial charge in [0.2, 0.25) is 6.29 Å². The van der Waals surface area contributed by atoms with Crippen LogP contribution in [0.1, 0.15) is 112 Å². The molecule has 0 saturated heterocycles. The lowest BCUT2D eigenvalue weighted by Crippen LogP contribution is -2.51. The van der Waals surface area contributed by atoms with Gasteiger partial charge in [0.25, 0.3) is 0 Å². The third kappa shape index (κ3) is 6.50. The Hall–Kier alpha value is -1.24. The molecule has 3 fully saturated rings. The second-order valence-electron chi connectivity index (χ2n) is 14.8. The second kappa shape index (κ2) is 12.8. The molecule has 228 valence electrons. The van der Waals surface area contributed by atoms with E-state index in [1.54, 1.807) is 6.92 Å². The van der Waals surface area contributed by atoms with Crippen LogP contribution in [0, 0.1) is 49.9 Å². The summed E-state index contributed by atoms with van der Waals surface area (Å²) in [5, 5.41) is 0. The molecule has 0 heterocycles. The number of para-hydroxylation sites is 1. The number of halogens is 1. The predicted molar refractivity (Wildman–Crippen MR) is 174 cm³/mol. The molecule has 5 rings (SSSR count). The number of hydrogen-bond acceptors (Lipinski definition) is 4. The molecule has 0 aromatic heterocycles. The highest BCUT2D eigenvalue weighted by molar-refractivity contribution is 14.1. The molecule has 41 heavy (non-hydrogen) atoms. The summed E-state index contributed by atoms with van der Waals surface area (Å²) in [6, 6.07) is 7.72. The molecule has 1 aromatic carbocycles. The normalized spacial score (nSPS) is 35.9. The van der Waals surface area contributed by atoms with Gasteiger partial charge in [-0.1, -0.05) is 77.7 Å². The van der Waals surface area contributed by atoms with Gasteiger partial charge in [0.1, 0.15) is 11.9 Å². The fourth-order valence-electron chi connectivity index (χ4n) is 9.80. The number of rotatable bonds is 9. The highest BCUT2D eigenvalue weighted by atomic mass is 127. The molecular weight excluding hydrogens is 623 g/mol. The lowest BCUT2D eigenvalue weighted by molar-refractivity contribution is -0.0803. The molecule has 4 aliphatic carbocycles. The van der Waals surface area contributed by atoms with E-state index in [1.165, 1.54) is 56.9 Å². The van der Waals surface area contributed by atoms with Crippen molar-refractivity contribution in [2.75, 3.05) is 0 Å². The Balaban J connectivity index is 1.17. The van der Waals surface area contributed by atoms with Gasteiger partial charge in [-0.2, -0.15) is 0 Å². The van der Waals surface area contributed by atoms with Gasteiger partial charge in [-0.3, -0.25) is 0 Å². The van der Waals surface area contributed by atoms with E-state index in [0.717, 1.165) is 58.3 Å². The largest absolute Gasteiger partial charge is 0.511 e. The molecule has 3 saturated carbocycles. The Labute approximate surface area is 262 Å². The van der Waals surface area contributed by atoms with Crippen LogP contribution < -0.4 is 4.74 Å². The van der Waals surface area contributed by atoms with E-state index in [1.807, 2.05) is 24.3 Å². The fraction of sp³-hybridized carbons (Fsp3) is 0.750. The van der Waals surface area contributed by atoms with Crippen LogP contribution >= 0.6 is 22.6 Å². The van der Waals surface area contributed by atoms with Gasteiger partial charge >= 0.3 is 6.16 Å². The summed E-state index contributed by atoms with van der Waals surface area (Å²) >= 11 is 2.22. The monoisotopic (exact) mass is 676 g/mol. The molecule has 5 heteroatoms. The van der Waals surface area contributed by atoms with Crippen molar-refractivity contribution in [2.45, 2.75) is 125 Å². The molecule has 4 unspecified atom stereocenters. The average Bonchev–Trinajstić information content (AvgIpc) is 3.27. The minimum Gasteiger partial charge on any atom is -0.454 e. The summed E-state index contributed by atoms with van der Waals surface area (Å²) in [5.41, 5.74) is 2.29. The van der Waals surface area contributed by atoms with Crippen molar-refractivity contribution >= 4 is 28.7 Å². The second-order valence-corrected chi connectivity index (χ2v) is 15.9. The Bertz CT molecular complexity index is 1100. The van der Waals surface area contributed by atoms with E-state index in [2.05, 4.69) is 63.3 Å². The first kappa shape index (κ1) is 31.2. The average molecular weight is 677 g/mol. The fourth-order valence-corrected chi connectivity index (χ4v) is 10.3. The van der Waals surface area contributed by atoms with Crippen LogP contribution in [0.25, 0.3) is 0 Å². The van der Waals surface area contributed by atoms with Crippen LogP contribution in [0.5, 0.6) is 5.75 Å². The van der Waals surface area contributed by atoms with Gasteiger partial charge in [0.05, 0.1) is 3.57 Å². The molecule has 4 aliphatic rings. The first-order valence-electron chi connectivity index (χ1n) is 16.5. The summed E-state index contributed by atoms with van der Waals surface area (Å²) in [6.07, 6.45) is 15.0. The molecule has 0 bridgehead atoms. The van der Waals surface area contributed by atoms with Gasteiger partial charge in [0.15, 0.2) is 0 Å². The van der Waals surface area contributed by atoms with Crippen molar-refractivity contribution < 1.29 is 19.0 Å². The Morgan fingerprint density at radius 1 is 1.00 bits per heavy atom. The van der Waals surface area contributed by atoms with E-state index in [9.17, 15) is 4.79 Å². The standard InChI is InChI=1S/C36H53IO4/c1-23(2)10-9-11-24(3)29-16-17-30-28-15-14-26-22-27(18-20-35(26,5)31(28)19-21-36(29,30)6)41-34(38)40-25(4)39-33-13-8-7-12-32(33)37/h7-8,12-14,23-25,27-31H,9-11,15-22H2,1-6H3/t24-,25?,27+,28?,29-,30?,31?,35+,36-/m1/s1. The molecule has 0 N–H and O–H groups in total. The van der Waals surface area contributed by atoms with Crippen LogP contribution in [0.4, 0.5) is 4.79 Å². The third-order valence-electron chi connectivity index (χ3n) is 11.9. The van der Waals surface area contributed by atoms with Crippen molar-refractivity contribution in [2.24, 2.45) is 46.3 Å². The maximum Gasteiger partial charge on any atom is 0.511 e. The van der Waals surface area contributed by atoms with Gasteiger partial charge in [-0.05, 0) is 126 Å². The zero-order chi connectivity index (χ0) is 29.4. The minimum atomic E-state index is -0.702. The van der Waals surface area contributed by atoms with Gasteiger partial charge in [-0.15, -0.1) is 0 Å². The Kier molecular flexibility index (Phi) is 9.72. The third-order valence-corrected chi connectivity index (χ3v) is 12.8. The van der Waals surface area contributed by atoms with Crippen LogP contribution in [0.3, 0.4) is 0 Å². The molecule has 4 nitrogen and oxygen atoms in total. The molecule has 0 spiro atoms. The first-order valence-corrected chi connectivity index (χ1v) is 17.6. The summed E-state index contributed by atoms with van der Waals surface area (Å²) in [7, 11) is 0. The Morgan fingerprint density at radius 2 is 1.78 bits per heavy atom. The van der Waals surface area contributed by atoms with E-state index in [-0.39, 0.29) is 11.5 Å². The molecule has 9 atom stereocenters. The molecule has 0 amide bonds. The Morgan fingerprint density at radius 3 is 2.54 bits per heavy atom. The zero-order valence-electron chi connectivity index (χ0n) is 26.3. The van der Waals surface area contributed by atoms with E-state index in [4.69, 9.17) is 14.2 Å². The maximum atomic E-state index is 12.7. The minimum absolute atomic E-state index is 0.112. The number of hydrogen-bond donors (Lipinski definition) is 0. The maximum absolute atomic E-state index is 12.7. The lowest BCUT2D eigenvalue weighted by atomic mass is 9.47. The zero-order valence-corrected chi connectivity index (χ0v) is 28.5. The van der Waals surface area contributed by atoms with Crippen molar-refractivity contribution in [3.05, 3.63) is 39.5 Å². The summed E-state index contributed by atoms with van der Waals surface area (Å²) in [4.78, 5) is 12.7. The quantitative estimate of drug-likeness (QED) is 0.113. The van der Waals surface area contributed by atoms with Gasteiger partial charge < -0.3 is 14.2 Å². The number of fused-ring (bicyclic) bond motifs is 5. The lowest BCUT2D eigenvalue weighted by Gasteiger charge is -2.58. The van der Waals surface area contributed by atoms with Crippen LogP contribution in [-0.2, 0) is 9.47 Å². The molecular formula is C36H53IO4. The molecule has 0 radical (unpaired) electrons. The number of allylic oxidation sites excluding steroid dienone is 1. The number of carbonyl (C=O) groups excluding carboxylic acids is 1. The topological polar surface area (TPSA) is 44.8 Å². The van der Waals surface area contributed by atoms with Crippen LogP contribution in [0.15, 0.2) is 35.9 Å². The highest BCUT2D eigenvalue weighted by Crippen LogP contribution is 2.67. The van der Waals surface area contributed by atoms with E-state index >= 15 is 0 Å². The van der Waals surface area contributed by atoms with Crippen molar-refractivity contribution in [1.29, 1.82) is 0 Å². The van der Waals surface area contributed by atoms with Crippen LogP contribution in [-0.4, -0.2) is 18.5 Å². The van der Waals surface area contributed by atoms with Crippen molar-refractivity contribution in [3.8, 4) is 5.75 Å². The van der Waals surface area contributed by atoms with E-state index in [0.29, 0.717) is 11.2 Å². The highest BCUT2D eigenvalue weighted by Gasteiger charge is 2.59. The first-order chi connectivity index (χ1) is 19.5.